The summed E-state index contributed by atoms with van der Waals surface area (Å²) in [5, 5.41) is 6.03. The number of carbonyl (C=O) groups excluding carboxylic acids is 2. The summed E-state index contributed by atoms with van der Waals surface area (Å²) in [6, 6.07) is 7.19. The molecule has 1 unspecified atom stereocenters. The number of hydrogen-bond acceptors (Lipinski definition) is 6. The Morgan fingerprint density at radius 2 is 1.89 bits per heavy atom. The van der Waals surface area contributed by atoms with Crippen LogP contribution in [0.15, 0.2) is 34.9 Å². The highest BCUT2D eigenvalue weighted by Gasteiger charge is 2.14. The second-order valence-corrected chi connectivity index (χ2v) is 6.32. The summed E-state index contributed by atoms with van der Waals surface area (Å²) >= 11 is 0. The molecule has 0 bridgehead atoms. The fourth-order valence-corrected chi connectivity index (χ4v) is 2.66. The lowest BCUT2D eigenvalue weighted by Crippen LogP contribution is -2.41. The summed E-state index contributed by atoms with van der Waals surface area (Å²) in [5.74, 6) is 0.865. The molecule has 0 saturated carbocycles. The van der Waals surface area contributed by atoms with E-state index in [0.717, 1.165) is 16.7 Å². The Labute approximate surface area is 159 Å². The first kappa shape index (κ1) is 20.5. The second kappa shape index (κ2) is 9.78. The molecule has 0 aliphatic rings. The van der Waals surface area contributed by atoms with Gasteiger partial charge in [0.1, 0.15) is 11.5 Å². The van der Waals surface area contributed by atoms with Crippen LogP contribution in [0.5, 0.6) is 5.75 Å². The van der Waals surface area contributed by atoms with Crippen molar-refractivity contribution < 1.29 is 23.5 Å². The van der Waals surface area contributed by atoms with E-state index >= 15 is 0 Å². The average Bonchev–Trinajstić information content (AvgIpc) is 3.16. The lowest BCUT2D eigenvalue weighted by Gasteiger charge is -2.16. The number of aryl methyl sites for hydroxylation is 2. The van der Waals surface area contributed by atoms with Crippen molar-refractivity contribution in [3.05, 3.63) is 53.0 Å². The molecule has 1 heterocycles. The number of esters is 1. The van der Waals surface area contributed by atoms with Crippen molar-refractivity contribution in [3.8, 4) is 5.75 Å². The fraction of sp³-hybridized carbons (Fsp3) is 0.400. The predicted molar refractivity (Wildman–Crippen MR) is 100 cm³/mol. The van der Waals surface area contributed by atoms with Crippen molar-refractivity contribution >= 4 is 11.9 Å². The Morgan fingerprint density at radius 3 is 2.48 bits per heavy atom. The first-order valence-corrected chi connectivity index (χ1v) is 8.74. The quantitative estimate of drug-likeness (QED) is 0.655. The van der Waals surface area contributed by atoms with Gasteiger partial charge in [-0.05, 0) is 49.6 Å². The minimum absolute atomic E-state index is 0.0992. The van der Waals surface area contributed by atoms with Crippen molar-refractivity contribution in [2.24, 2.45) is 0 Å². The lowest BCUT2D eigenvalue weighted by molar-refractivity contribution is -0.142. The van der Waals surface area contributed by atoms with E-state index in [1.807, 2.05) is 39.0 Å². The van der Waals surface area contributed by atoms with Crippen LogP contribution in [0.1, 0.15) is 29.4 Å². The molecule has 27 heavy (non-hydrogen) atoms. The van der Waals surface area contributed by atoms with Gasteiger partial charge in [-0.2, -0.15) is 0 Å². The van der Waals surface area contributed by atoms with Gasteiger partial charge in [-0.15, -0.1) is 0 Å². The van der Waals surface area contributed by atoms with Crippen molar-refractivity contribution in [1.82, 2.24) is 10.6 Å². The summed E-state index contributed by atoms with van der Waals surface area (Å²) in [7, 11) is 1.33. The summed E-state index contributed by atoms with van der Waals surface area (Å²) < 4.78 is 15.3. The molecule has 1 aromatic heterocycles. The second-order valence-electron chi connectivity index (χ2n) is 6.32. The maximum atomic E-state index is 12.1. The highest BCUT2D eigenvalue weighted by atomic mass is 16.6. The Kier molecular flexibility index (Phi) is 7.43. The first-order valence-electron chi connectivity index (χ1n) is 8.74. The SMILES string of the molecule is COC(=O)COc1c(C)cc(CNC(C)C(=O)NCc2ccco2)cc1C. The molecule has 2 aromatic rings. The van der Waals surface area contributed by atoms with E-state index in [1.165, 1.54) is 7.11 Å². The van der Waals surface area contributed by atoms with Gasteiger partial charge in [0.05, 0.1) is 26.0 Å². The number of furan rings is 1. The van der Waals surface area contributed by atoms with E-state index in [2.05, 4.69) is 15.4 Å². The first-order chi connectivity index (χ1) is 12.9. The van der Waals surface area contributed by atoms with E-state index in [9.17, 15) is 9.59 Å². The zero-order chi connectivity index (χ0) is 19.8. The monoisotopic (exact) mass is 374 g/mol. The molecule has 0 aliphatic carbocycles. The van der Waals surface area contributed by atoms with Gasteiger partial charge < -0.3 is 24.5 Å². The van der Waals surface area contributed by atoms with Crippen LogP contribution in [0.4, 0.5) is 0 Å². The third kappa shape index (κ3) is 6.14. The van der Waals surface area contributed by atoms with Gasteiger partial charge in [0, 0.05) is 6.54 Å². The molecular weight excluding hydrogens is 348 g/mol. The highest BCUT2D eigenvalue weighted by Crippen LogP contribution is 2.25. The van der Waals surface area contributed by atoms with Crippen LogP contribution in [-0.4, -0.2) is 31.6 Å². The third-order valence-corrected chi connectivity index (χ3v) is 4.10. The summed E-state index contributed by atoms with van der Waals surface area (Å²) in [5.41, 5.74) is 2.87. The Hall–Kier alpha value is -2.80. The molecular formula is C20H26N2O5. The van der Waals surface area contributed by atoms with E-state index in [0.29, 0.717) is 24.6 Å². The molecule has 2 rings (SSSR count). The smallest absolute Gasteiger partial charge is 0.343 e. The molecule has 7 heteroatoms. The fourth-order valence-electron chi connectivity index (χ4n) is 2.66. The van der Waals surface area contributed by atoms with E-state index in [4.69, 9.17) is 9.15 Å². The van der Waals surface area contributed by atoms with Gasteiger partial charge in [0.25, 0.3) is 0 Å². The topological polar surface area (TPSA) is 89.8 Å². The lowest BCUT2D eigenvalue weighted by atomic mass is 10.1. The molecule has 1 atom stereocenters. The number of methoxy groups -OCH3 is 1. The zero-order valence-corrected chi connectivity index (χ0v) is 16.1. The number of ether oxygens (including phenoxy) is 2. The molecule has 2 N–H and O–H groups in total. The van der Waals surface area contributed by atoms with Crippen LogP contribution in [0.3, 0.4) is 0 Å². The molecule has 0 fully saturated rings. The van der Waals surface area contributed by atoms with Gasteiger partial charge >= 0.3 is 5.97 Å². The van der Waals surface area contributed by atoms with E-state index in [1.54, 1.807) is 12.3 Å². The molecule has 1 amide bonds. The third-order valence-electron chi connectivity index (χ3n) is 4.10. The van der Waals surface area contributed by atoms with Crippen molar-refractivity contribution in [2.45, 2.75) is 39.9 Å². The summed E-state index contributed by atoms with van der Waals surface area (Å²) in [4.78, 5) is 23.4. The summed E-state index contributed by atoms with van der Waals surface area (Å²) in [6.07, 6.45) is 1.58. The van der Waals surface area contributed by atoms with Crippen molar-refractivity contribution in [2.75, 3.05) is 13.7 Å². The normalized spacial score (nSPS) is 11.7. The molecule has 1 aromatic carbocycles. The maximum Gasteiger partial charge on any atom is 0.343 e. The van der Waals surface area contributed by atoms with Crippen LogP contribution in [0.2, 0.25) is 0 Å². The van der Waals surface area contributed by atoms with E-state index < -0.39 is 5.97 Å². The Morgan fingerprint density at radius 1 is 1.19 bits per heavy atom. The number of benzene rings is 1. The number of hydrogen-bond donors (Lipinski definition) is 2. The molecule has 0 spiro atoms. The standard InChI is InChI=1S/C20H26N2O5/c1-13-8-16(9-14(2)19(13)27-12-18(23)25-4)10-21-15(3)20(24)22-11-17-6-5-7-26-17/h5-9,15,21H,10-12H2,1-4H3,(H,22,24). The van der Waals surface area contributed by atoms with Gasteiger partial charge in [0.15, 0.2) is 6.61 Å². The molecule has 0 aliphatic heterocycles. The van der Waals surface area contributed by atoms with Crippen molar-refractivity contribution in [1.29, 1.82) is 0 Å². The van der Waals surface area contributed by atoms with Crippen LogP contribution < -0.4 is 15.4 Å². The minimum atomic E-state index is -0.422. The molecule has 0 radical (unpaired) electrons. The molecule has 146 valence electrons. The Balaban J connectivity index is 1.87. The number of nitrogens with one attached hydrogen (secondary N) is 2. The average molecular weight is 374 g/mol. The molecule has 7 nitrogen and oxygen atoms in total. The summed E-state index contributed by atoms with van der Waals surface area (Å²) in [6.45, 7) is 6.43. The highest BCUT2D eigenvalue weighted by molar-refractivity contribution is 5.81. The van der Waals surface area contributed by atoms with Crippen LogP contribution in [0.25, 0.3) is 0 Å². The van der Waals surface area contributed by atoms with E-state index in [-0.39, 0.29) is 18.6 Å². The zero-order valence-electron chi connectivity index (χ0n) is 16.1. The number of carbonyl (C=O) groups is 2. The van der Waals surface area contributed by atoms with Gasteiger partial charge in [0.2, 0.25) is 5.91 Å². The molecule has 0 saturated heterocycles. The van der Waals surface area contributed by atoms with Gasteiger partial charge in [-0.25, -0.2) is 4.79 Å². The van der Waals surface area contributed by atoms with Crippen LogP contribution >= 0.6 is 0 Å². The van der Waals surface area contributed by atoms with Crippen LogP contribution in [0, 0.1) is 13.8 Å². The predicted octanol–water partition coefficient (Wildman–Crippen LogP) is 2.24. The van der Waals surface area contributed by atoms with Gasteiger partial charge in [-0.1, -0.05) is 12.1 Å². The number of amides is 1. The minimum Gasteiger partial charge on any atom is -0.481 e. The number of rotatable bonds is 9. The van der Waals surface area contributed by atoms with Crippen molar-refractivity contribution in [3.63, 3.8) is 0 Å². The van der Waals surface area contributed by atoms with Gasteiger partial charge in [-0.3, -0.25) is 4.79 Å². The Bertz CT molecular complexity index is 748. The largest absolute Gasteiger partial charge is 0.481 e. The maximum absolute atomic E-state index is 12.1. The van der Waals surface area contributed by atoms with Crippen LogP contribution in [-0.2, 0) is 27.4 Å².